The molecule has 1 nitrogen and oxygen atoms in total. The molecule has 0 saturated carbocycles. The lowest BCUT2D eigenvalue weighted by Crippen LogP contribution is -2.10. The average molecular weight is 349 g/mol. The Balaban J connectivity index is 2.21. The molecule has 0 saturated heterocycles. The second-order valence-corrected chi connectivity index (χ2v) is 5.86. The third-order valence-corrected chi connectivity index (χ3v) is 4.57. The van der Waals surface area contributed by atoms with Crippen LogP contribution < -0.4 is 4.90 Å². The molecule has 0 spiro atoms. The van der Waals surface area contributed by atoms with Crippen molar-refractivity contribution < 1.29 is 0 Å². The Morgan fingerprint density at radius 1 is 0.545 bits per heavy atom. The summed E-state index contributed by atoms with van der Waals surface area (Å²) in [4.78, 5) is 2.05. The van der Waals surface area contributed by atoms with Gasteiger partial charge >= 0.3 is 0 Å². The van der Waals surface area contributed by atoms with Gasteiger partial charge in [0.1, 0.15) is 0 Å². The molecule has 110 valence electrons. The first kappa shape index (κ1) is 15.2. The Morgan fingerprint density at radius 2 is 1.05 bits per heavy atom. The molecule has 0 radical (unpaired) electrons. The minimum Gasteiger partial charge on any atom is -0.309 e. The molecule has 4 heteroatoms. The topological polar surface area (TPSA) is 3.24 Å². The maximum Gasteiger partial charge on any atom is 0.0848 e. The monoisotopic (exact) mass is 347 g/mol. The highest BCUT2D eigenvalue weighted by atomic mass is 35.5. The molecule has 0 N–H and O–H groups in total. The van der Waals surface area contributed by atoms with E-state index in [1.165, 1.54) is 0 Å². The molecule has 3 aromatic carbocycles. The summed E-state index contributed by atoms with van der Waals surface area (Å²) in [5.74, 6) is 0. The van der Waals surface area contributed by atoms with Gasteiger partial charge in [0.05, 0.1) is 20.8 Å². The van der Waals surface area contributed by atoms with Crippen LogP contribution in [0.1, 0.15) is 0 Å². The molecule has 0 aliphatic rings. The van der Waals surface area contributed by atoms with E-state index in [1.807, 2.05) is 71.6 Å². The number of benzene rings is 3. The number of halogens is 3. The molecule has 0 bridgehead atoms. The van der Waals surface area contributed by atoms with Gasteiger partial charge in [0.2, 0.25) is 0 Å². The molecule has 0 amide bonds. The van der Waals surface area contributed by atoms with Crippen molar-refractivity contribution in [2.75, 3.05) is 4.90 Å². The van der Waals surface area contributed by atoms with Crippen molar-refractivity contribution in [1.82, 2.24) is 0 Å². The molecule has 0 fully saturated rings. The van der Waals surface area contributed by atoms with Crippen LogP contribution in [0, 0.1) is 0 Å². The van der Waals surface area contributed by atoms with Crippen molar-refractivity contribution in [3.8, 4) is 0 Å². The predicted molar refractivity (Wildman–Crippen MR) is 96.2 cm³/mol. The number of para-hydroxylation sites is 2. The molecule has 0 aliphatic carbocycles. The van der Waals surface area contributed by atoms with Crippen LogP contribution in [0.15, 0.2) is 72.8 Å². The van der Waals surface area contributed by atoms with Crippen LogP contribution in [0.5, 0.6) is 0 Å². The van der Waals surface area contributed by atoms with Gasteiger partial charge in [-0.1, -0.05) is 71.2 Å². The lowest BCUT2D eigenvalue weighted by molar-refractivity contribution is 1.28. The molecule has 0 aliphatic heterocycles. The first-order valence-electron chi connectivity index (χ1n) is 6.72. The van der Waals surface area contributed by atoms with E-state index in [9.17, 15) is 0 Å². The highest BCUT2D eigenvalue weighted by Crippen LogP contribution is 2.43. The van der Waals surface area contributed by atoms with E-state index in [4.69, 9.17) is 34.8 Å². The van der Waals surface area contributed by atoms with Crippen LogP contribution in [0.3, 0.4) is 0 Å². The van der Waals surface area contributed by atoms with E-state index in [2.05, 4.69) is 0 Å². The Labute approximate surface area is 144 Å². The Bertz CT molecular complexity index is 734. The quantitative estimate of drug-likeness (QED) is 0.455. The van der Waals surface area contributed by atoms with Crippen LogP contribution in [0.25, 0.3) is 0 Å². The molecular weight excluding hydrogens is 337 g/mol. The molecule has 0 atom stereocenters. The molecule has 0 unspecified atom stereocenters. The zero-order valence-corrected chi connectivity index (χ0v) is 13.8. The third-order valence-electron chi connectivity index (χ3n) is 3.28. The summed E-state index contributed by atoms with van der Waals surface area (Å²) in [7, 11) is 0. The van der Waals surface area contributed by atoms with Gasteiger partial charge in [-0.15, -0.1) is 0 Å². The number of rotatable bonds is 3. The van der Waals surface area contributed by atoms with Crippen molar-refractivity contribution in [3.63, 3.8) is 0 Å². The van der Waals surface area contributed by atoms with Crippen LogP contribution in [0.2, 0.25) is 15.1 Å². The lowest BCUT2D eigenvalue weighted by atomic mass is 10.2. The van der Waals surface area contributed by atoms with E-state index >= 15 is 0 Å². The number of hydrogen-bond acceptors (Lipinski definition) is 1. The van der Waals surface area contributed by atoms with Crippen LogP contribution in [-0.4, -0.2) is 0 Å². The third kappa shape index (κ3) is 2.93. The molecule has 3 rings (SSSR count). The highest BCUT2D eigenvalue weighted by molar-refractivity contribution is 6.49. The van der Waals surface area contributed by atoms with Crippen molar-refractivity contribution in [2.24, 2.45) is 0 Å². The second kappa shape index (κ2) is 6.62. The van der Waals surface area contributed by atoms with E-state index in [0.29, 0.717) is 15.1 Å². The summed E-state index contributed by atoms with van der Waals surface area (Å²) in [6.07, 6.45) is 0. The molecule has 0 aromatic heterocycles. The van der Waals surface area contributed by atoms with Crippen LogP contribution in [0.4, 0.5) is 17.1 Å². The van der Waals surface area contributed by atoms with E-state index < -0.39 is 0 Å². The van der Waals surface area contributed by atoms with Gasteiger partial charge in [0, 0.05) is 11.4 Å². The van der Waals surface area contributed by atoms with E-state index in [1.54, 1.807) is 6.07 Å². The molecule has 0 heterocycles. The summed E-state index contributed by atoms with van der Waals surface area (Å²) in [5.41, 5.74) is 2.77. The van der Waals surface area contributed by atoms with Crippen molar-refractivity contribution in [2.45, 2.75) is 0 Å². The van der Waals surface area contributed by atoms with E-state index in [0.717, 1.165) is 17.1 Å². The maximum absolute atomic E-state index is 6.43. The van der Waals surface area contributed by atoms with Crippen LogP contribution >= 0.6 is 34.8 Å². The highest BCUT2D eigenvalue weighted by Gasteiger charge is 2.17. The second-order valence-electron chi connectivity index (χ2n) is 4.70. The number of anilines is 3. The molecule has 22 heavy (non-hydrogen) atoms. The fraction of sp³-hybridized carbons (Fsp3) is 0. The first-order valence-corrected chi connectivity index (χ1v) is 7.85. The van der Waals surface area contributed by atoms with Gasteiger partial charge in [-0.3, -0.25) is 0 Å². The Kier molecular flexibility index (Phi) is 4.58. The fourth-order valence-electron chi connectivity index (χ4n) is 2.27. The van der Waals surface area contributed by atoms with E-state index in [-0.39, 0.29) is 0 Å². The Morgan fingerprint density at radius 3 is 1.55 bits per heavy atom. The van der Waals surface area contributed by atoms with Gasteiger partial charge in [0.15, 0.2) is 0 Å². The first-order chi connectivity index (χ1) is 10.7. The van der Waals surface area contributed by atoms with Crippen molar-refractivity contribution in [1.29, 1.82) is 0 Å². The summed E-state index contributed by atoms with van der Waals surface area (Å²) < 4.78 is 0. The van der Waals surface area contributed by atoms with Gasteiger partial charge in [-0.05, 0) is 36.4 Å². The summed E-state index contributed by atoms with van der Waals surface area (Å²) >= 11 is 18.7. The van der Waals surface area contributed by atoms with Gasteiger partial charge < -0.3 is 4.90 Å². The minimum atomic E-state index is 0.359. The zero-order valence-electron chi connectivity index (χ0n) is 11.5. The normalized spacial score (nSPS) is 10.5. The van der Waals surface area contributed by atoms with Gasteiger partial charge in [-0.2, -0.15) is 0 Å². The van der Waals surface area contributed by atoms with Gasteiger partial charge in [0.25, 0.3) is 0 Å². The Hall–Kier alpha value is -1.67. The summed E-state index contributed by atoms with van der Waals surface area (Å²) in [6.45, 7) is 0. The average Bonchev–Trinajstić information content (AvgIpc) is 2.57. The zero-order chi connectivity index (χ0) is 15.5. The van der Waals surface area contributed by atoms with Crippen molar-refractivity contribution >= 4 is 51.9 Å². The number of hydrogen-bond donors (Lipinski definition) is 0. The molecule has 3 aromatic rings. The SMILES string of the molecule is Clc1ccc(N(c2ccccc2)c2ccccc2)c(Cl)c1Cl. The van der Waals surface area contributed by atoms with Crippen LogP contribution in [-0.2, 0) is 0 Å². The maximum atomic E-state index is 6.43. The molecular formula is C18H12Cl3N. The van der Waals surface area contributed by atoms with Crippen molar-refractivity contribution in [3.05, 3.63) is 87.9 Å². The largest absolute Gasteiger partial charge is 0.309 e. The minimum absolute atomic E-state index is 0.359. The lowest BCUT2D eigenvalue weighted by Gasteiger charge is -2.26. The standard InChI is InChI=1S/C18H12Cl3N/c19-15-11-12-16(18(21)17(15)20)22(13-7-3-1-4-8-13)14-9-5-2-6-10-14/h1-12H. The summed E-state index contributed by atoms with van der Waals surface area (Å²) in [6, 6.07) is 23.6. The fourth-order valence-corrected chi connectivity index (χ4v) is 2.88. The summed E-state index contributed by atoms with van der Waals surface area (Å²) in [5, 5.41) is 1.23. The predicted octanol–water partition coefficient (Wildman–Crippen LogP) is 7.12. The van der Waals surface area contributed by atoms with Gasteiger partial charge in [-0.25, -0.2) is 0 Å². The smallest absolute Gasteiger partial charge is 0.0848 e. The number of nitrogens with zero attached hydrogens (tertiary/aromatic N) is 1.